The Morgan fingerprint density at radius 3 is 2.53 bits per heavy atom. The first-order valence-electron chi connectivity index (χ1n) is 7.83. The van der Waals surface area contributed by atoms with Crippen molar-refractivity contribution >= 4 is 0 Å². The first-order valence-corrected chi connectivity index (χ1v) is 7.83. The first-order chi connectivity index (χ1) is 9.40. The van der Waals surface area contributed by atoms with Crippen LogP contribution in [0.2, 0.25) is 0 Å². The second kappa shape index (κ2) is 6.24. The molecule has 3 rings (SSSR count). The lowest BCUT2D eigenvalue weighted by Gasteiger charge is -2.14. The standard InChI is InChI=1S/C18H23N/c1-2-7-15(8-3-1)13-17-11-6-12-18(19-17)14-16-9-4-5-10-16/h6,11-12,15-16H,1-2,4-5,7,9-10,13-14H2. The van der Waals surface area contributed by atoms with E-state index in [0.29, 0.717) is 5.92 Å². The summed E-state index contributed by atoms with van der Waals surface area (Å²) in [5.41, 5.74) is 2.55. The molecule has 0 saturated heterocycles. The van der Waals surface area contributed by atoms with Crippen molar-refractivity contribution in [2.45, 2.75) is 57.8 Å². The van der Waals surface area contributed by atoms with Crippen LogP contribution >= 0.6 is 0 Å². The molecule has 0 radical (unpaired) electrons. The number of nitrogens with zero attached hydrogens (tertiary/aromatic N) is 1. The molecule has 19 heavy (non-hydrogen) atoms. The molecule has 1 atom stereocenters. The highest BCUT2D eigenvalue weighted by Crippen LogP contribution is 2.27. The van der Waals surface area contributed by atoms with Crippen LogP contribution in [-0.4, -0.2) is 4.98 Å². The van der Waals surface area contributed by atoms with Crippen LogP contribution in [-0.2, 0) is 12.8 Å². The fourth-order valence-corrected chi connectivity index (χ4v) is 3.40. The Morgan fingerprint density at radius 2 is 1.79 bits per heavy atom. The Bertz CT molecular complexity index is 474. The molecule has 100 valence electrons. The van der Waals surface area contributed by atoms with E-state index in [4.69, 9.17) is 4.98 Å². The van der Waals surface area contributed by atoms with E-state index in [1.165, 1.54) is 56.3 Å². The van der Waals surface area contributed by atoms with Crippen molar-refractivity contribution < 1.29 is 0 Å². The van der Waals surface area contributed by atoms with Crippen molar-refractivity contribution in [3.05, 3.63) is 29.6 Å². The highest BCUT2D eigenvalue weighted by Gasteiger charge is 2.16. The average molecular weight is 253 g/mol. The number of aromatic nitrogens is 1. The molecular weight excluding hydrogens is 230 g/mol. The van der Waals surface area contributed by atoms with E-state index in [1.54, 1.807) is 0 Å². The van der Waals surface area contributed by atoms with Crippen LogP contribution in [0.15, 0.2) is 18.2 Å². The normalized spacial score (nSPS) is 23.1. The summed E-state index contributed by atoms with van der Waals surface area (Å²) >= 11 is 0. The van der Waals surface area contributed by atoms with Gasteiger partial charge in [0.15, 0.2) is 0 Å². The van der Waals surface area contributed by atoms with E-state index in [9.17, 15) is 0 Å². The third-order valence-corrected chi connectivity index (χ3v) is 4.45. The molecule has 1 aromatic rings. The van der Waals surface area contributed by atoms with E-state index in [0.717, 1.165) is 18.8 Å². The van der Waals surface area contributed by atoms with Gasteiger partial charge in [0.1, 0.15) is 0 Å². The number of hydrogen-bond acceptors (Lipinski definition) is 1. The van der Waals surface area contributed by atoms with Gasteiger partial charge in [-0.2, -0.15) is 0 Å². The number of hydrogen-bond donors (Lipinski definition) is 0. The summed E-state index contributed by atoms with van der Waals surface area (Å²) in [4.78, 5) is 4.86. The Kier molecular flexibility index (Phi) is 4.18. The molecule has 1 heterocycles. The van der Waals surface area contributed by atoms with Crippen LogP contribution in [0.1, 0.15) is 56.3 Å². The SMILES string of the molecule is C1#CC(Cc2cccc(CC3CCCC3)n2)CCC1. The van der Waals surface area contributed by atoms with Crippen LogP contribution < -0.4 is 0 Å². The van der Waals surface area contributed by atoms with Gasteiger partial charge in [-0.15, -0.1) is 5.92 Å². The molecule has 0 aromatic carbocycles. The van der Waals surface area contributed by atoms with Gasteiger partial charge in [0.05, 0.1) is 0 Å². The molecule has 1 nitrogen and oxygen atoms in total. The molecule has 0 bridgehead atoms. The maximum Gasteiger partial charge on any atom is 0.0419 e. The Balaban J connectivity index is 1.63. The van der Waals surface area contributed by atoms with Crippen molar-refractivity contribution in [2.75, 3.05) is 0 Å². The second-order valence-corrected chi connectivity index (χ2v) is 6.09. The van der Waals surface area contributed by atoms with E-state index in [1.807, 2.05) is 0 Å². The third-order valence-electron chi connectivity index (χ3n) is 4.45. The van der Waals surface area contributed by atoms with Gasteiger partial charge in [-0.3, -0.25) is 4.98 Å². The van der Waals surface area contributed by atoms with Crippen LogP contribution in [0.5, 0.6) is 0 Å². The van der Waals surface area contributed by atoms with Crippen LogP contribution in [0, 0.1) is 23.7 Å². The second-order valence-electron chi connectivity index (χ2n) is 6.09. The maximum atomic E-state index is 4.86. The van der Waals surface area contributed by atoms with Crippen molar-refractivity contribution in [3.63, 3.8) is 0 Å². The van der Waals surface area contributed by atoms with Gasteiger partial charge < -0.3 is 0 Å². The summed E-state index contributed by atoms with van der Waals surface area (Å²) in [5.74, 6) is 8.05. The van der Waals surface area contributed by atoms with E-state index in [-0.39, 0.29) is 0 Å². The molecule has 1 heteroatoms. The lowest BCUT2D eigenvalue weighted by molar-refractivity contribution is 0.532. The highest BCUT2D eigenvalue weighted by atomic mass is 14.7. The predicted octanol–water partition coefficient (Wildman–Crippen LogP) is 4.16. The van der Waals surface area contributed by atoms with Gasteiger partial charge in [0.25, 0.3) is 0 Å². The zero-order valence-electron chi connectivity index (χ0n) is 11.7. The minimum atomic E-state index is 0.544. The monoisotopic (exact) mass is 253 g/mol. The molecule has 2 aliphatic carbocycles. The molecule has 1 fully saturated rings. The quantitative estimate of drug-likeness (QED) is 0.734. The fourth-order valence-electron chi connectivity index (χ4n) is 3.40. The van der Waals surface area contributed by atoms with E-state index in [2.05, 4.69) is 30.0 Å². The largest absolute Gasteiger partial charge is 0.258 e. The lowest BCUT2D eigenvalue weighted by Crippen LogP contribution is -2.08. The molecule has 1 saturated carbocycles. The van der Waals surface area contributed by atoms with Crippen LogP contribution in [0.25, 0.3) is 0 Å². The molecular formula is C18H23N. The summed E-state index contributed by atoms with van der Waals surface area (Å²) < 4.78 is 0. The molecule has 1 aromatic heterocycles. The van der Waals surface area contributed by atoms with Crippen molar-refractivity contribution in [1.82, 2.24) is 4.98 Å². The summed E-state index contributed by atoms with van der Waals surface area (Å²) in [6.07, 6.45) is 11.5. The van der Waals surface area contributed by atoms with Gasteiger partial charge in [0.2, 0.25) is 0 Å². The molecule has 0 amide bonds. The van der Waals surface area contributed by atoms with E-state index >= 15 is 0 Å². The van der Waals surface area contributed by atoms with Gasteiger partial charge in [0, 0.05) is 30.1 Å². The minimum Gasteiger partial charge on any atom is -0.258 e. The van der Waals surface area contributed by atoms with Gasteiger partial charge in [-0.1, -0.05) is 37.7 Å². The Morgan fingerprint density at radius 1 is 1.00 bits per heavy atom. The van der Waals surface area contributed by atoms with Crippen LogP contribution in [0.4, 0.5) is 0 Å². The van der Waals surface area contributed by atoms with E-state index < -0.39 is 0 Å². The smallest absolute Gasteiger partial charge is 0.0419 e. The predicted molar refractivity (Wildman–Crippen MR) is 78.7 cm³/mol. The fraction of sp³-hybridized carbons (Fsp3) is 0.611. The number of rotatable bonds is 4. The summed E-state index contributed by atoms with van der Waals surface area (Å²) in [6, 6.07) is 6.56. The van der Waals surface area contributed by atoms with Gasteiger partial charge in [-0.25, -0.2) is 0 Å². The molecule has 2 aliphatic rings. The first kappa shape index (κ1) is 12.7. The van der Waals surface area contributed by atoms with Crippen molar-refractivity contribution in [3.8, 4) is 11.8 Å². The van der Waals surface area contributed by atoms with Crippen LogP contribution in [0.3, 0.4) is 0 Å². The summed E-state index contributed by atoms with van der Waals surface area (Å²) in [6.45, 7) is 0. The Labute approximate surface area is 116 Å². The third kappa shape index (κ3) is 3.60. The number of pyridine rings is 1. The molecule has 0 aliphatic heterocycles. The molecule has 0 spiro atoms. The van der Waals surface area contributed by atoms with Crippen molar-refractivity contribution in [1.29, 1.82) is 0 Å². The summed E-state index contributed by atoms with van der Waals surface area (Å²) in [5, 5.41) is 0. The molecule has 0 N–H and O–H groups in total. The van der Waals surface area contributed by atoms with Gasteiger partial charge >= 0.3 is 0 Å². The minimum absolute atomic E-state index is 0.544. The lowest BCUT2D eigenvalue weighted by atomic mass is 9.93. The zero-order valence-corrected chi connectivity index (χ0v) is 11.7. The molecule has 1 unspecified atom stereocenters. The average Bonchev–Trinajstić information content (AvgIpc) is 2.93. The summed E-state index contributed by atoms with van der Waals surface area (Å²) in [7, 11) is 0. The highest BCUT2D eigenvalue weighted by molar-refractivity contribution is 5.16. The Hall–Kier alpha value is -1.29. The zero-order chi connectivity index (χ0) is 12.9. The van der Waals surface area contributed by atoms with Crippen molar-refractivity contribution in [2.24, 2.45) is 11.8 Å². The maximum absolute atomic E-state index is 4.86. The topological polar surface area (TPSA) is 12.9 Å². The van der Waals surface area contributed by atoms with Gasteiger partial charge in [-0.05, 0) is 37.3 Å².